The maximum Gasteiger partial charge on any atom is 0.261 e. The number of halogens is 1. The molecule has 0 spiro atoms. The van der Waals surface area contributed by atoms with Crippen LogP contribution in [0.5, 0.6) is 5.75 Å². The van der Waals surface area contributed by atoms with E-state index in [9.17, 15) is 4.79 Å². The topological polar surface area (TPSA) is 50.4 Å². The highest BCUT2D eigenvalue weighted by molar-refractivity contribution is 9.10. The average Bonchev–Trinajstić information content (AvgIpc) is 2.67. The molecule has 0 radical (unpaired) electrons. The minimum absolute atomic E-state index is 0.233. The van der Waals surface area contributed by atoms with Crippen LogP contribution in [0.15, 0.2) is 65.1 Å². The van der Waals surface area contributed by atoms with Gasteiger partial charge in [0.25, 0.3) is 5.91 Å². The van der Waals surface area contributed by atoms with Crippen molar-refractivity contribution >= 4 is 55.6 Å². The maximum atomic E-state index is 12.8. The second-order valence-corrected chi connectivity index (χ2v) is 8.10. The minimum Gasteiger partial charge on any atom is -0.492 e. The summed E-state index contributed by atoms with van der Waals surface area (Å²) in [6, 6.07) is 19.2. The highest BCUT2D eigenvalue weighted by atomic mass is 79.9. The molecule has 3 aromatic rings. The summed E-state index contributed by atoms with van der Waals surface area (Å²) >= 11 is 8.77. The largest absolute Gasteiger partial charge is 0.492 e. The number of thiocarbonyl (C=S) groups is 1. The first-order chi connectivity index (χ1) is 13.4. The number of amides is 1. The van der Waals surface area contributed by atoms with E-state index in [0.29, 0.717) is 23.8 Å². The number of carbonyl (C=O) groups excluding carboxylic acids is 1. The van der Waals surface area contributed by atoms with Gasteiger partial charge in [-0.1, -0.05) is 66.2 Å². The van der Waals surface area contributed by atoms with Crippen molar-refractivity contribution in [2.45, 2.75) is 13.8 Å². The number of carbonyl (C=O) groups is 1. The summed E-state index contributed by atoms with van der Waals surface area (Å²) in [5, 5.41) is 8.22. The first-order valence-electron chi connectivity index (χ1n) is 8.96. The summed E-state index contributed by atoms with van der Waals surface area (Å²) in [5.74, 6) is 0.564. The summed E-state index contributed by atoms with van der Waals surface area (Å²) < 4.78 is 6.58. The van der Waals surface area contributed by atoms with Gasteiger partial charge in [-0.05, 0) is 47.8 Å². The van der Waals surface area contributed by atoms with E-state index in [1.54, 1.807) is 12.1 Å². The fraction of sp³-hybridized carbons (Fsp3) is 0.182. The van der Waals surface area contributed by atoms with E-state index in [2.05, 4.69) is 40.4 Å². The van der Waals surface area contributed by atoms with Crippen LogP contribution in [-0.2, 0) is 0 Å². The van der Waals surface area contributed by atoms with E-state index in [0.717, 1.165) is 20.9 Å². The van der Waals surface area contributed by atoms with Gasteiger partial charge in [0.15, 0.2) is 5.11 Å². The molecular formula is C22H21BrN2O2S. The van der Waals surface area contributed by atoms with Crippen molar-refractivity contribution in [1.82, 2.24) is 5.32 Å². The number of nitrogens with one attached hydrogen (secondary N) is 2. The fourth-order valence-electron chi connectivity index (χ4n) is 2.72. The Morgan fingerprint density at radius 2 is 1.86 bits per heavy atom. The molecule has 2 N–H and O–H groups in total. The smallest absolute Gasteiger partial charge is 0.261 e. The standard InChI is InChI=1S/C22H21BrN2O2S/c1-14(2)13-27-20-11-10-16(23)12-18(20)21(26)25-22(28)24-19-9-5-7-15-6-3-4-8-17(15)19/h3-12,14H,13H2,1-2H3,(H2,24,25,26,28). The monoisotopic (exact) mass is 456 g/mol. The van der Waals surface area contributed by atoms with E-state index in [-0.39, 0.29) is 11.0 Å². The van der Waals surface area contributed by atoms with Crippen molar-refractivity contribution in [2.75, 3.05) is 11.9 Å². The van der Waals surface area contributed by atoms with Crippen LogP contribution in [0.2, 0.25) is 0 Å². The summed E-state index contributed by atoms with van der Waals surface area (Å²) in [7, 11) is 0. The number of hydrogen-bond donors (Lipinski definition) is 2. The van der Waals surface area contributed by atoms with Gasteiger partial charge in [-0.3, -0.25) is 10.1 Å². The summed E-state index contributed by atoms with van der Waals surface area (Å²) in [6.45, 7) is 4.64. The Hall–Kier alpha value is -2.44. The molecule has 0 unspecified atom stereocenters. The quantitative estimate of drug-likeness (QED) is 0.478. The Bertz CT molecular complexity index is 1020. The van der Waals surface area contributed by atoms with E-state index < -0.39 is 0 Å². The Morgan fingerprint density at radius 1 is 1.11 bits per heavy atom. The number of anilines is 1. The molecule has 0 fully saturated rings. The molecule has 3 aromatic carbocycles. The van der Waals surface area contributed by atoms with Crippen molar-refractivity contribution < 1.29 is 9.53 Å². The van der Waals surface area contributed by atoms with E-state index in [4.69, 9.17) is 17.0 Å². The molecule has 0 saturated heterocycles. The Labute approximate surface area is 178 Å². The molecule has 0 aliphatic heterocycles. The van der Waals surface area contributed by atoms with E-state index >= 15 is 0 Å². The number of benzene rings is 3. The first kappa shape index (κ1) is 20.3. The predicted octanol–water partition coefficient (Wildman–Crippen LogP) is 5.76. The van der Waals surface area contributed by atoms with Crippen LogP contribution in [0.25, 0.3) is 10.8 Å². The van der Waals surface area contributed by atoms with Crippen LogP contribution < -0.4 is 15.4 Å². The second-order valence-electron chi connectivity index (χ2n) is 6.78. The van der Waals surface area contributed by atoms with Gasteiger partial charge in [0.2, 0.25) is 0 Å². The van der Waals surface area contributed by atoms with Gasteiger partial charge in [0.1, 0.15) is 5.75 Å². The number of fused-ring (bicyclic) bond motifs is 1. The van der Waals surface area contributed by atoms with Crippen LogP contribution in [0.3, 0.4) is 0 Å². The molecule has 0 atom stereocenters. The van der Waals surface area contributed by atoms with Gasteiger partial charge in [0.05, 0.1) is 12.2 Å². The van der Waals surface area contributed by atoms with Gasteiger partial charge in [-0.2, -0.15) is 0 Å². The Kier molecular flexibility index (Phi) is 6.65. The van der Waals surface area contributed by atoms with Crippen LogP contribution >= 0.6 is 28.1 Å². The summed E-state index contributed by atoms with van der Waals surface area (Å²) in [4.78, 5) is 12.8. The first-order valence-corrected chi connectivity index (χ1v) is 10.2. The lowest BCUT2D eigenvalue weighted by Crippen LogP contribution is -2.34. The SMILES string of the molecule is CC(C)COc1ccc(Br)cc1C(=O)NC(=S)Nc1cccc2ccccc12. The zero-order valence-electron chi connectivity index (χ0n) is 15.7. The lowest BCUT2D eigenvalue weighted by atomic mass is 10.1. The van der Waals surface area contributed by atoms with Crippen molar-refractivity contribution in [3.8, 4) is 5.75 Å². The van der Waals surface area contributed by atoms with Gasteiger partial charge in [-0.15, -0.1) is 0 Å². The zero-order valence-corrected chi connectivity index (χ0v) is 18.1. The van der Waals surface area contributed by atoms with Crippen molar-refractivity contribution in [2.24, 2.45) is 5.92 Å². The summed E-state index contributed by atoms with van der Waals surface area (Å²) in [5.41, 5.74) is 1.27. The Morgan fingerprint density at radius 3 is 2.64 bits per heavy atom. The maximum absolute atomic E-state index is 12.8. The lowest BCUT2D eigenvalue weighted by molar-refractivity contribution is 0.0973. The second kappa shape index (κ2) is 9.17. The van der Waals surface area contributed by atoms with Crippen LogP contribution in [0, 0.1) is 5.92 Å². The third-order valence-electron chi connectivity index (χ3n) is 4.02. The van der Waals surface area contributed by atoms with Crippen LogP contribution in [0.4, 0.5) is 5.69 Å². The highest BCUT2D eigenvalue weighted by Crippen LogP contribution is 2.25. The zero-order chi connectivity index (χ0) is 20.1. The molecule has 1 amide bonds. The molecule has 28 heavy (non-hydrogen) atoms. The minimum atomic E-state index is -0.321. The molecule has 0 bridgehead atoms. The molecule has 144 valence electrons. The summed E-state index contributed by atoms with van der Waals surface area (Å²) in [6.07, 6.45) is 0. The van der Waals surface area contributed by atoms with Crippen molar-refractivity contribution in [1.29, 1.82) is 0 Å². The Balaban J connectivity index is 1.75. The molecular weight excluding hydrogens is 436 g/mol. The van der Waals surface area contributed by atoms with Gasteiger partial charge >= 0.3 is 0 Å². The molecule has 0 saturated carbocycles. The number of ether oxygens (including phenoxy) is 1. The molecule has 0 aliphatic carbocycles. The number of hydrogen-bond acceptors (Lipinski definition) is 3. The molecule has 0 aromatic heterocycles. The normalized spacial score (nSPS) is 10.7. The molecule has 0 heterocycles. The third kappa shape index (κ3) is 5.09. The van der Waals surface area contributed by atoms with Gasteiger partial charge in [-0.25, -0.2) is 0 Å². The lowest BCUT2D eigenvalue weighted by Gasteiger charge is -2.15. The van der Waals surface area contributed by atoms with Gasteiger partial charge < -0.3 is 10.1 Å². The van der Waals surface area contributed by atoms with E-state index in [1.165, 1.54) is 0 Å². The predicted molar refractivity (Wildman–Crippen MR) is 122 cm³/mol. The van der Waals surface area contributed by atoms with Crippen molar-refractivity contribution in [3.63, 3.8) is 0 Å². The third-order valence-corrected chi connectivity index (χ3v) is 4.72. The molecule has 4 nitrogen and oxygen atoms in total. The average molecular weight is 457 g/mol. The van der Waals surface area contributed by atoms with Crippen molar-refractivity contribution in [3.05, 3.63) is 70.7 Å². The fourth-order valence-corrected chi connectivity index (χ4v) is 3.28. The van der Waals surface area contributed by atoms with E-state index in [1.807, 2.05) is 48.5 Å². The van der Waals surface area contributed by atoms with Gasteiger partial charge in [0, 0.05) is 15.5 Å². The van der Waals surface area contributed by atoms with Crippen LogP contribution in [0.1, 0.15) is 24.2 Å². The number of rotatable bonds is 5. The molecule has 6 heteroatoms. The molecule has 0 aliphatic rings. The molecule has 3 rings (SSSR count). The highest BCUT2D eigenvalue weighted by Gasteiger charge is 2.15. The van der Waals surface area contributed by atoms with Crippen LogP contribution in [-0.4, -0.2) is 17.6 Å².